The molecule has 5 unspecified atom stereocenters. The monoisotopic (exact) mass is 1460 g/mol. The predicted molar refractivity (Wildman–Crippen MR) is 409 cm³/mol. The van der Waals surface area contributed by atoms with Crippen LogP contribution in [-0.2, 0) is 65.4 Å². The average molecular weight is 1460 g/mol. The van der Waals surface area contributed by atoms with Crippen molar-refractivity contribution in [2.45, 2.75) is 406 Å². The fourth-order valence-electron chi connectivity index (χ4n) is 11.6. The highest BCUT2D eigenvalue weighted by molar-refractivity contribution is 7.47. The maximum atomic E-state index is 13.1. The average Bonchev–Trinajstić information content (AvgIpc) is 0.985. The van der Waals surface area contributed by atoms with Crippen molar-refractivity contribution in [1.82, 2.24) is 0 Å². The second-order valence-electron chi connectivity index (χ2n) is 27.7. The number of rotatable bonds is 78. The molecule has 19 heteroatoms. The highest BCUT2D eigenvalue weighted by Crippen LogP contribution is 2.45. The molecule has 0 heterocycles. The Labute approximate surface area is 610 Å². The van der Waals surface area contributed by atoms with E-state index in [0.29, 0.717) is 25.7 Å². The van der Waals surface area contributed by atoms with Gasteiger partial charge in [-0.1, -0.05) is 346 Å². The standard InChI is InChI=1S/C81H150O17P2/c1-5-9-13-17-21-25-29-32-35-36-37-38-41-43-47-50-54-58-62-66-79(84)92-72-77(98-81(86)68-64-60-56-52-48-44-40-34-31-27-23-19-15-11-7-3)74-96-100(89,90)94-70-75(82)69-93-99(87,88)95-73-76(97-80(85)67-63-59-55-51-45-28-24-20-16-12-8-4)71-91-78(83)65-61-57-53-49-46-42-39-33-30-26-22-18-14-10-6-2/h9,13,21,25,32,35,37-38,75-77,82H,5-8,10-12,14-20,22-24,26-31,33-34,36,39-74H2,1-4H3,(H,87,88)(H,89,90)/b13-9-,25-21-,35-32-,38-37-. The number of ether oxygens (including phenoxy) is 4. The molecular formula is C81H150O17P2. The van der Waals surface area contributed by atoms with Crippen LogP contribution in [0.3, 0.4) is 0 Å². The molecule has 0 aliphatic rings. The molecule has 100 heavy (non-hydrogen) atoms. The van der Waals surface area contributed by atoms with Gasteiger partial charge in [0.25, 0.3) is 0 Å². The summed E-state index contributed by atoms with van der Waals surface area (Å²) in [7, 11) is -9.93. The summed E-state index contributed by atoms with van der Waals surface area (Å²) < 4.78 is 68.6. The highest BCUT2D eigenvalue weighted by atomic mass is 31.2. The fraction of sp³-hybridized carbons (Fsp3) is 0.852. The van der Waals surface area contributed by atoms with Crippen molar-refractivity contribution in [3.63, 3.8) is 0 Å². The van der Waals surface area contributed by atoms with Crippen LogP contribution in [0.2, 0.25) is 0 Å². The number of allylic oxidation sites excluding steroid dienone is 8. The molecule has 0 aliphatic carbocycles. The predicted octanol–water partition coefficient (Wildman–Crippen LogP) is 23.7. The number of unbranched alkanes of at least 4 members (excludes halogenated alkanes) is 44. The van der Waals surface area contributed by atoms with Gasteiger partial charge in [-0.05, 0) is 64.2 Å². The number of carbonyl (C=O) groups is 4. The van der Waals surface area contributed by atoms with E-state index in [1.54, 1.807) is 0 Å². The van der Waals surface area contributed by atoms with Crippen molar-refractivity contribution in [3.05, 3.63) is 48.6 Å². The third kappa shape index (κ3) is 73.3. The van der Waals surface area contributed by atoms with E-state index in [2.05, 4.69) is 76.3 Å². The van der Waals surface area contributed by atoms with E-state index in [4.69, 9.17) is 37.0 Å². The maximum absolute atomic E-state index is 13.1. The van der Waals surface area contributed by atoms with Crippen molar-refractivity contribution < 1.29 is 80.2 Å². The van der Waals surface area contributed by atoms with E-state index < -0.39 is 97.5 Å². The van der Waals surface area contributed by atoms with E-state index in [1.807, 2.05) is 0 Å². The summed E-state index contributed by atoms with van der Waals surface area (Å²) in [6.45, 7) is 4.84. The van der Waals surface area contributed by atoms with Gasteiger partial charge in [-0.2, -0.15) is 0 Å². The van der Waals surface area contributed by atoms with Crippen LogP contribution >= 0.6 is 15.6 Å². The van der Waals surface area contributed by atoms with Crippen LogP contribution in [0.25, 0.3) is 0 Å². The van der Waals surface area contributed by atoms with E-state index in [1.165, 1.54) is 173 Å². The summed E-state index contributed by atoms with van der Waals surface area (Å²) in [5.41, 5.74) is 0. The number of hydrogen-bond acceptors (Lipinski definition) is 15. The molecule has 5 atom stereocenters. The minimum Gasteiger partial charge on any atom is -0.462 e. The minimum absolute atomic E-state index is 0.0996. The van der Waals surface area contributed by atoms with Gasteiger partial charge in [0.05, 0.1) is 26.4 Å². The molecule has 0 bridgehead atoms. The lowest BCUT2D eigenvalue weighted by Gasteiger charge is -2.21. The van der Waals surface area contributed by atoms with Gasteiger partial charge < -0.3 is 33.8 Å². The molecule has 0 aromatic carbocycles. The van der Waals surface area contributed by atoms with Crippen LogP contribution in [0.4, 0.5) is 0 Å². The first-order chi connectivity index (χ1) is 48.7. The zero-order chi connectivity index (χ0) is 73.2. The van der Waals surface area contributed by atoms with Gasteiger partial charge in [0, 0.05) is 25.7 Å². The van der Waals surface area contributed by atoms with Crippen LogP contribution in [-0.4, -0.2) is 96.7 Å². The first-order valence-corrected chi connectivity index (χ1v) is 43.9. The fourth-order valence-corrected chi connectivity index (χ4v) is 13.2. The molecule has 0 aliphatic heterocycles. The Morgan fingerprint density at radius 1 is 0.290 bits per heavy atom. The molecule has 0 aromatic heterocycles. The third-order valence-corrected chi connectivity index (χ3v) is 19.7. The van der Waals surface area contributed by atoms with Crippen LogP contribution in [0.1, 0.15) is 387 Å². The Morgan fingerprint density at radius 3 is 0.800 bits per heavy atom. The van der Waals surface area contributed by atoms with Gasteiger partial charge in [0.15, 0.2) is 12.2 Å². The Bertz CT molecular complexity index is 2080. The zero-order valence-electron chi connectivity index (χ0n) is 64.1. The topological polar surface area (TPSA) is 237 Å². The van der Waals surface area contributed by atoms with Crippen molar-refractivity contribution >= 4 is 39.5 Å². The molecular weight excluding hydrogens is 1310 g/mol. The smallest absolute Gasteiger partial charge is 0.462 e. The van der Waals surface area contributed by atoms with E-state index in [0.717, 1.165) is 135 Å². The van der Waals surface area contributed by atoms with Gasteiger partial charge in [-0.3, -0.25) is 37.3 Å². The lowest BCUT2D eigenvalue weighted by molar-refractivity contribution is -0.161. The minimum atomic E-state index is -4.97. The lowest BCUT2D eigenvalue weighted by Crippen LogP contribution is -2.30. The second kappa shape index (κ2) is 74.3. The second-order valence-corrected chi connectivity index (χ2v) is 30.6. The van der Waals surface area contributed by atoms with Gasteiger partial charge in [-0.25, -0.2) is 9.13 Å². The maximum Gasteiger partial charge on any atom is 0.472 e. The number of esters is 4. The van der Waals surface area contributed by atoms with Crippen LogP contribution in [0.5, 0.6) is 0 Å². The number of aliphatic hydroxyl groups is 1. The molecule has 0 amide bonds. The summed E-state index contributed by atoms with van der Waals surface area (Å²) in [6, 6.07) is 0. The van der Waals surface area contributed by atoms with E-state index in [9.17, 15) is 43.2 Å². The molecule has 0 fully saturated rings. The van der Waals surface area contributed by atoms with Crippen LogP contribution in [0.15, 0.2) is 48.6 Å². The molecule has 0 radical (unpaired) electrons. The molecule has 17 nitrogen and oxygen atoms in total. The first-order valence-electron chi connectivity index (χ1n) is 40.9. The number of phosphoric acid groups is 2. The zero-order valence-corrected chi connectivity index (χ0v) is 65.9. The van der Waals surface area contributed by atoms with E-state index in [-0.39, 0.29) is 25.7 Å². The summed E-state index contributed by atoms with van der Waals surface area (Å²) >= 11 is 0. The molecule has 3 N–H and O–H groups in total. The Balaban J connectivity index is 5.28. The number of phosphoric ester groups is 2. The number of aliphatic hydroxyl groups excluding tert-OH is 1. The van der Waals surface area contributed by atoms with Crippen molar-refractivity contribution in [1.29, 1.82) is 0 Å². The molecule has 0 spiro atoms. The van der Waals surface area contributed by atoms with Gasteiger partial charge in [-0.15, -0.1) is 0 Å². The molecule has 0 rings (SSSR count). The normalized spacial score (nSPS) is 14.1. The van der Waals surface area contributed by atoms with Crippen molar-refractivity contribution in [2.75, 3.05) is 39.6 Å². The molecule has 0 saturated heterocycles. The molecule has 0 aromatic rings. The van der Waals surface area contributed by atoms with Gasteiger partial charge in [0.2, 0.25) is 0 Å². The summed E-state index contributed by atoms with van der Waals surface area (Å²) in [4.78, 5) is 73.0. The Hall–Kier alpha value is -2.98. The molecule has 0 saturated carbocycles. The van der Waals surface area contributed by atoms with Gasteiger partial charge >= 0.3 is 39.5 Å². The highest BCUT2D eigenvalue weighted by Gasteiger charge is 2.30. The lowest BCUT2D eigenvalue weighted by atomic mass is 10.0. The van der Waals surface area contributed by atoms with Crippen molar-refractivity contribution in [3.8, 4) is 0 Å². The summed E-state index contributed by atoms with van der Waals surface area (Å²) in [5.74, 6) is -2.14. The SMILES string of the molecule is CC/C=C\C/C=C\C/C=C\C/C=C\CCCCCCCCC(=O)OCC(COP(=O)(O)OCC(O)COP(=O)(O)OCC(COC(=O)CCCCCCCCCCCCCCCCC)OC(=O)CCCCCCCCCCCCC)OC(=O)CCCCCCCCCCCCCCCCC. The largest absolute Gasteiger partial charge is 0.472 e. The van der Waals surface area contributed by atoms with Crippen LogP contribution < -0.4 is 0 Å². The van der Waals surface area contributed by atoms with Crippen LogP contribution in [0, 0.1) is 0 Å². The number of hydrogen-bond donors (Lipinski definition) is 3. The van der Waals surface area contributed by atoms with Gasteiger partial charge in [0.1, 0.15) is 19.3 Å². The van der Waals surface area contributed by atoms with E-state index >= 15 is 0 Å². The Kier molecular flexibility index (Phi) is 72.1. The third-order valence-electron chi connectivity index (χ3n) is 17.8. The number of carbonyl (C=O) groups excluding carboxylic acids is 4. The summed E-state index contributed by atoms with van der Waals surface area (Å²) in [5, 5.41) is 10.6. The molecule has 586 valence electrons. The summed E-state index contributed by atoms with van der Waals surface area (Å²) in [6.07, 6.45) is 72.2. The van der Waals surface area contributed by atoms with Crippen molar-refractivity contribution in [2.24, 2.45) is 0 Å². The Morgan fingerprint density at radius 2 is 0.520 bits per heavy atom. The first kappa shape index (κ1) is 97.0. The quantitative estimate of drug-likeness (QED) is 0.0169.